The van der Waals surface area contributed by atoms with E-state index < -0.39 is 0 Å². The molecule has 5 nitrogen and oxygen atoms in total. The average molecular weight is 286 g/mol. The van der Waals surface area contributed by atoms with Gasteiger partial charge in [0, 0.05) is 18.9 Å². The van der Waals surface area contributed by atoms with Crippen molar-refractivity contribution in [1.29, 1.82) is 0 Å². The molecule has 0 fully saturated rings. The lowest BCUT2D eigenvalue weighted by atomic mass is 10.0. The van der Waals surface area contributed by atoms with Gasteiger partial charge in [0.2, 0.25) is 5.91 Å². The van der Waals surface area contributed by atoms with Crippen LogP contribution in [-0.4, -0.2) is 28.8 Å². The number of carbonyl (C=O) groups excluding carboxylic acids is 1. The van der Waals surface area contributed by atoms with E-state index >= 15 is 0 Å². The third-order valence-corrected chi connectivity index (χ3v) is 3.39. The molecule has 0 unspecified atom stereocenters. The van der Waals surface area contributed by atoms with Crippen LogP contribution in [0.15, 0.2) is 42.7 Å². The molecule has 0 saturated carbocycles. The number of carbonyl (C=O) groups is 1. The highest BCUT2D eigenvalue weighted by Gasteiger charge is 2.10. The molecule has 0 saturated heterocycles. The summed E-state index contributed by atoms with van der Waals surface area (Å²) in [5.41, 5.74) is 2.35. The Kier molecular flexibility index (Phi) is 5.51. The van der Waals surface area contributed by atoms with Crippen molar-refractivity contribution >= 4 is 5.91 Å². The van der Waals surface area contributed by atoms with Crippen LogP contribution < -0.4 is 10.6 Å². The Morgan fingerprint density at radius 3 is 2.86 bits per heavy atom. The molecule has 0 aliphatic heterocycles. The van der Waals surface area contributed by atoms with E-state index in [2.05, 4.69) is 28.7 Å². The van der Waals surface area contributed by atoms with Gasteiger partial charge < -0.3 is 10.6 Å². The predicted octanol–water partition coefficient (Wildman–Crippen LogP) is 1.66. The number of amides is 1. The maximum Gasteiger partial charge on any atom is 0.234 e. The zero-order valence-corrected chi connectivity index (χ0v) is 12.5. The maximum absolute atomic E-state index is 11.9. The third kappa shape index (κ3) is 4.72. The molecule has 0 spiro atoms. The Morgan fingerprint density at radius 1 is 1.33 bits per heavy atom. The first-order valence-electron chi connectivity index (χ1n) is 7.20. The number of benzene rings is 1. The summed E-state index contributed by atoms with van der Waals surface area (Å²) >= 11 is 0. The van der Waals surface area contributed by atoms with Gasteiger partial charge >= 0.3 is 0 Å². The topological polar surface area (TPSA) is 59.0 Å². The van der Waals surface area contributed by atoms with E-state index in [0.717, 1.165) is 12.1 Å². The summed E-state index contributed by atoms with van der Waals surface area (Å²) in [6.07, 6.45) is 3.65. The van der Waals surface area contributed by atoms with Gasteiger partial charge in [0.05, 0.1) is 19.1 Å². The van der Waals surface area contributed by atoms with Crippen molar-refractivity contribution < 1.29 is 4.79 Å². The maximum atomic E-state index is 11.9. The summed E-state index contributed by atoms with van der Waals surface area (Å²) in [7, 11) is 0. The van der Waals surface area contributed by atoms with Gasteiger partial charge in [-0.05, 0) is 31.0 Å². The molecule has 1 amide bonds. The lowest BCUT2D eigenvalue weighted by molar-refractivity contribution is -0.120. The van der Waals surface area contributed by atoms with Gasteiger partial charge in [-0.25, -0.2) is 0 Å². The largest absolute Gasteiger partial charge is 0.348 e. The highest BCUT2D eigenvalue weighted by Crippen LogP contribution is 2.16. The van der Waals surface area contributed by atoms with Crippen LogP contribution in [0.1, 0.15) is 24.1 Å². The van der Waals surface area contributed by atoms with Crippen molar-refractivity contribution in [3.63, 3.8) is 0 Å². The van der Waals surface area contributed by atoms with Gasteiger partial charge in [0.15, 0.2) is 0 Å². The number of hydrogen-bond donors (Lipinski definition) is 2. The summed E-state index contributed by atoms with van der Waals surface area (Å²) in [6.45, 7) is 5.85. The Hall–Kier alpha value is -2.14. The molecule has 2 rings (SSSR count). The molecular weight excluding hydrogens is 264 g/mol. The smallest absolute Gasteiger partial charge is 0.234 e. The van der Waals surface area contributed by atoms with E-state index in [0.29, 0.717) is 13.1 Å². The molecule has 21 heavy (non-hydrogen) atoms. The number of nitrogens with zero attached hydrogens (tertiary/aromatic N) is 2. The molecule has 1 aromatic carbocycles. The molecule has 2 N–H and O–H groups in total. The van der Waals surface area contributed by atoms with Gasteiger partial charge in [0.25, 0.3) is 0 Å². The summed E-state index contributed by atoms with van der Waals surface area (Å²) in [4.78, 5) is 11.9. The average Bonchev–Trinajstić information content (AvgIpc) is 2.97. The fraction of sp³-hybridized carbons (Fsp3) is 0.375. The monoisotopic (exact) mass is 286 g/mol. The second-order valence-electron chi connectivity index (χ2n) is 5.09. The first-order valence-corrected chi connectivity index (χ1v) is 7.20. The van der Waals surface area contributed by atoms with Crippen molar-refractivity contribution in [3.05, 3.63) is 53.9 Å². The minimum Gasteiger partial charge on any atom is -0.348 e. The molecular formula is C16H22N4O. The molecule has 1 atom stereocenters. The van der Waals surface area contributed by atoms with Crippen molar-refractivity contribution in [2.24, 2.45) is 0 Å². The fourth-order valence-electron chi connectivity index (χ4n) is 2.27. The summed E-state index contributed by atoms with van der Waals surface area (Å²) < 4.78 is 1.83. The fourth-order valence-corrected chi connectivity index (χ4v) is 2.27. The normalized spacial score (nSPS) is 12.1. The Morgan fingerprint density at radius 2 is 2.14 bits per heavy atom. The van der Waals surface area contributed by atoms with Gasteiger partial charge in [-0.2, -0.15) is 5.10 Å². The zero-order chi connectivity index (χ0) is 15.1. The lowest BCUT2D eigenvalue weighted by Crippen LogP contribution is -2.36. The quantitative estimate of drug-likeness (QED) is 0.761. The summed E-state index contributed by atoms with van der Waals surface area (Å²) in [6, 6.07) is 10.0. The van der Waals surface area contributed by atoms with E-state index in [4.69, 9.17) is 0 Å². The van der Waals surface area contributed by atoms with Crippen LogP contribution in [-0.2, 0) is 11.3 Å². The molecule has 1 aromatic heterocycles. The van der Waals surface area contributed by atoms with Crippen LogP contribution in [0.5, 0.6) is 0 Å². The van der Waals surface area contributed by atoms with E-state index in [-0.39, 0.29) is 11.9 Å². The number of nitrogens with one attached hydrogen (secondary N) is 2. The minimum atomic E-state index is 0.00576. The van der Waals surface area contributed by atoms with Crippen LogP contribution in [0.3, 0.4) is 0 Å². The lowest BCUT2D eigenvalue weighted by Gasteiger charge is -2.16. The van der Waals surface area contributed by atoms with Crippen molar-refractivity contribution in [2.45, 2.75) is 26.4 Å². The summed E-state index contributed by atoms with van der Waals surface area (Å²) in [5.74, 6) is 0.00576. The van der Waals surface area contributed by atoms with Crippen LogP contribution in [0.25, 0.3) is 0 Å². The number of aromatic nitrogens is 2. The van der Waals surface area contributed by atoms with Crippen molar-refractivity contribution in [2.75, 3.05) is 13.1 Å². The van der Waals surface area contributed by atoms with E-state index in [1.807, 2.05) is 42.1 Å². The molecule has 0 radical (unpaired) electrons. The van der Waals surface area contributed by atoms with Crippen molar-refractivity contribution in [1.82, 2.24) is 20.4 Å². The zero-order valence-electron chi connectivity index (χ0n) is 12.5. The van der Waals surface area contributed by atoms with E-state index in [9.17, 15) is 4.79 Å². The Bertz CT molecular complexity index is 565. The molecule has 0 aliphatic carbocycles. The molecule has 2 aromatic rings. The van der Waals surface area contributed by atoms with Gasteiger partial charge in [-0.15, -0.1) is 0 Å². The third-order valence-electron chi connectivity index (χ3n) is 3.39. The molecule has 112 valence electrons. The van der Waals surface area contributed by atoms with Crippen LogP contribution in [0, 0.1) is 6.92 Å². The van der Waals surface area contributed by atoms with Gasteiger partial charge in [0.1, 0.15) is 0 Å². The SMILES string of the molecule is Cc1ccccc1[C@H](C)NC(=O)CNCCn1cccn1. The molecule has 0 bridgehead atoms. The minimum absolute atomic E-state index is 0.00576. The Labute approximate surface area is 125 Å². The highest BCUT2D eigenvalue weighted by atomic mass is 16.1. The summed E-state index contributed by atoms with van der Waals surface area (Å²) in [5, 5.41) is 10.2. The second kappa shape index (κ2) is 7.59. The van der Waals surface area contributed by atoms with Crippen molar-refractivity contribution in [3.8, 4) is 0 Å². The standard InChI is InChI=1S/C16H22N4O/c1-13-6-3-4-7-15(13)14(2)19-16(21)12-17-9-11-20-10-5-8-18-20/h3-8,10,14,17H,9,11-12H2,1-2H3,(H,19,21)/t14-/m0/s1. The van der Waals surface area contributed by atoms with Crippen LogP contribution in [0.2, 0.25) is 0 Å². The Balaban J connectivity index is 1.70. The number of hydrogen-bond acceptors (Lipinski definition) is 3. The number of aryl methyl sites for hydroxylation is 1. The van der Waals surface area contributed by atoms with Gasteiger partial charge in [-0.3, -0.25) is 9.48 Å². The predicted molar refractivity (Wildman–Crippen MR) is 82.8 cm³/mol. The molecule has 5 heteroatoms. The highest BCUT2D eigenvalue weighted by molar-refractivity contribution is 5.78. The molecule has 1 heterocycles. The van der Waals surface area contributed by atoms with E-state index in [1.54, 1.807) is 6.20 Å². The number of rotatable bonds is 7. The first-order chi connectivity index (χ1) is 10.2. The van der Waals surface area contributed by atoms with Crippen LogP contribution >= 0.6 is 0 Å². The van der Waals surface area contributed by atoms with Crippen LogP contribution in [0.4, 0.5) is 0 Å². The first kappa shape index (κ1) is 15.3. The van der Waals surface area contributed by atoms with Gasteiger partial charge in [-0.1, -0.05) is 24.3 Å². The molecule has 0 aliphatic rings. The van der Waals surface area contributed by atoms with E-state index in [1.165, 1.54) is 5.56 Å². The second-order valence-corrected chi connectivity index (χ2v) is 5.09.